The molecular weight excluding hydrogens is 248 g/mol. The maximum absolute atomic E-state index is 11.6. The van der Waals surface area contributed by atoms with Crippen LogP contribution in [0.15, 0.2) is 12.1 Å². The normalized spacial score (nSPS) is 11.3. The molecule has 0 atom stereocenters. The number of carbonyl (C=O) groups excluding carboxylic acids is 1. The molecule has 1 rings (SSSR count). The Bertz CT molecular complexity index is 472. The van der Waals surface area contributed by atoms with Gasteiger partial charge in [-0.3, -0.25) is 4.79 Å². The molecule has 0 spiro atoms. The van der Waals surface area contributed by atoms with Crippen LogP contribution in [0.2, 0.25) is 0 Å². The third kappa shape index (κ3) is 3.51. The molecule has 0 aliphatic carbocycles. The Labute approximate surface area is 112 Å². The van der Waals surface area contributed by atoms with Gasteiger partial charge in [0.1, 0.15) is 0 Å². The van der Waals surface area contributed by atoms with Crippen LogP contribution in [0.4, 0.5) is 0 Å². The van der Waals surface area contributed by atoms with E-state index in [0.717, 1.165) is 0 Å². The minimum Gasteiger partial charge on any atom is -0.504 e. The number of hydrogen-bond donors (Lipinski definition) is 5. The topological polar surface area (TPSA) is 102 Å². The molecule has 0 heterocycles. The summed E-state index contributed by atoms with van der Waals surface area (Å²) in [6.07, 6.45) is 0. The van der Waals surface area contributed by atoms with Crippen molar-refractivity contribution in [2.24, 2.45) is 5.41 Å². The molecule has 0 saturated carbocycles. The van der Waals surface area contributed by atoms with Crippen molar-refractivity contribution in [3.8, 4) is 17.2 Å². The lowest BCUT2D eigenvalue weighted by atomic mass is 9.92. The molecule has 106 valence electrons. The number of phenolic OH excluding ortho intramolecular Hbond substituents is 3. The summed E-state index contributed by atoms with van der Waals surface area (Å²) < 4.78 is 0. The Morgan fingerprint density at radius 3 is 2.42 bits per heavy atom. The van der Waals surface area contributed by atoms with Crippen LogP contribution in [0.1, 0.15) is 19.4 Å². The summed E-state index contributed by atoms with van der Waals surface area (Å²) in [5.41, 5.74) is -0.133. The van der Waals surface area contributed by atoms with Gasteiger partial charge in [0, 0.05) is 25.7 Å². The highest BCUT2D eigenvalue weighted by Crippen LogP contribution is 2.36. The first kappa shape index (κ1) is 15.1. The molecule has 0 aliphatic rings. The van der Waals surface area contributed by atoms with Crippen LogP contribution in [0.5, 0.6) is 17.2 Å². The van der Waals surface area contributed by atoms with Crippen molar-refractivity contribution in [1.82, 2.24) is 10.6 Å². The first-order valence-electron chi connectivity index (χ1n) is 5.95. The van der Waals surface area contributed by atoms with Gasteiger partial charge >= 0.3 is 0 Å². The fourth-order valence-electron chi connectivity index (χ4n) is 1.68. The first-order chi connectivity index (χ1) is 8.79. The van der Waals surface area contributed by atoms with E-state index in [1.165, 1.54) is 12.1 Å². The molecule has 1 aromatic carbocycles. The zero-order valence-corrected chi connectivity index (χ0v) is 11.3. The highest BCUT2D eigenvalue weighted by Gasteiger charge is 2.26. The van der Waals surface area contributed by atoms with Crippen LogP contribution in [0.25, 0.3) is 0 Å². The van der Waals surface area contributed by atoms with Gasteiger partial charge in [0.2, 0.25) is 11.7 Å². The summed E-state index contributed by atoms with van der Waals surface area (Å²) in [6, 6.07) is 2.81. The Kier molecular flexibility index (Phi) is 4.61. The summed E-state index contributed by atoms with van der Waals surface area (Å²) in [5, 5.41) is 33.8. The summed E-state index contributed by atoms with van der Waals surface area (Å²) in [5.74, 6) is -1.35. The number of phenols is 3. The van der Waals surface area contributed by atoms with Crippen molar-refractivity contribution >= 4 is 5.91 Å². The van der Waals surface area contributed by atoms with Gasteiger partial charge in [-0.2, -0.15) is 0 Å². The SMILES string of the molecule is CNC(=O)C(C)(C)CNCc1ccc(O)c(O)c1O. The molecule has 6 heteroatoms. The number of hydrogen-bond acceptors (Lipinski definition) is 5. The molecule has 1 aromatic rings. The predicted molar refractivity (Wildman–Crippen MR) is 71.0 cm³/mol. The van der Waals surface area contributed by atoms with E-state index in [1.807, 2.05) is 0 Å². The van der Waals surface area contributed by atoms with Crippen molar-refractivity contribution in [3.63, 3.8) is 0 Å². The molecule has 0 bridgehead atoms. The van der Waals surface area contributed by atoms with Gasteiger partial charge in [-0.1, -0.05) is 6.07 Å². The zero-order valence-electron chi connectivity index (χ0n) is 11.3. The van der Waals surface area contributed by atoms with Crippen LogP contribution >= 0.6 is 0 Å². The third-order valence-corrected chi connectivity index (χ3v) is 2.94. The minimum absolute atomic E-state index is 0.0854. The van der Waals surface area contributed by atoms with Gasteiger partial charge in [0.25, 0.3) is 0 Å². The van der Waals surface area contributed by atoms with Crippen LogP contribution in [0.3, 0.4) is 0 Å². The Morgan fingerprint density at radius 1 is 1.21 bits per heavy atom. The molecule has 0 unspecified atom stereocenters. The lowest BCUT2D eigenvalue weighted by molar-refractivity contribution is -0.128. The second-order valence-corrected chi connectivity index (χ2v) is 5.01. The number of carbonyl (C=O) groups is 1. The smallest absolute Gasteiger partial charge is 0.226 e. The van der Waals surface area contributed by atoms with Crippen molar-refractivity contribution in [2.75, 3.05) is 13.6 Å². The second-order valence-electron chi connectivity index (χ2n) is 5.01. The predicted octanol–water partition coefficient (Wildman–Crippen LogP) is 0.665. The zero-order chi connectivity index (χ0) is 14.6. The first-order valence-corrected chi connectivity index (χ1v) is 5.95. The van der Waals surface area contributed by atoms with Crippen molar-refractivity contribution in [2.45, 2.75) is 20.4 Å². The van der Waals surface area contributed by atoms with E-state index >= 15 is 0 Å². The molecule has 0 aromatic heterocycles. The van der Waals surface area contributed by atoms with E-state index in [1.54, 1.807) is 20.9 Å². The quantitative estimate of drug-likeness (QED) is 0.505. The van der Waals surface area contributed by atoms with Crippen LogP contribution in [-0.4, -0.2) is 34.8 Å². The number of benzene rings is 1. The molecule has 5 N–H and O–H groups in total. The lowest BCUT2D eigenvalue weighted by Crippen LogP contribution is -2.41. The number of amides is 1. The number of rotatable bonds is 5. The molecule has 1 amide bonds. The van der Waals surface area contributed by atoms with Crippen molar-refractivity contribution in [3.05, 3.63) is 17.7 Å². The molecule has 0 fully saturated rings. The van der Waals surface area contributed by atoms with Gasteiger partial charge in [-0.05, 0) is 19.9 Å². The highest BCUT2D eigenvalue weighted by molar-refractivity contribution is 5.81. The molecule has 6 nitrogen and oxygen atoms in total. The average Bonchev–Trinajstić information content (AvgIpc) is 2.37. The fourth-order valence-corrected chi connectivity index (χ4v) is 1.68. The second kappa shape index (κ2) is 5.79. The molecule has 19 heavy (non-hydrogen) atoms. The van der Waals surface area contributed by atoms with Gasteiger partial charge in [0.05, 0.1) is 5.41 Å². The van der Waals surface area contributed by atoms with Crippen molar-refractivity contribution in [1.29, 1.82) is 0 Å². The van der Waals surface area contributed by atoms with Crippen LogP contribution in [-0.2, 0) is 11.3 Å². The highest BCUT2D eigenvalue weighted by atomic mass is 16.3. The standard InChI is InChI=1S/C13H20N2O4/c1-13(2,12(19)14-3)7-15-6-8-4-5-9(16)11(18)10(8)17/h4-5,15-18H,6-7H2,1-3H3,(H,14,19). The Morgan fingerprint density at radius 2 is 1.84 bits per heavy atom. The lowest BCUT2D eigenvalue weighted by Gasteiger charge is -2.23. The molecular formula is C13H20N2O4. The van der Waals surface area contributed by atoms with E-state index in [-0.39, 0.29) is 24.0 Å². The van der Waals surface area contributed by atoms with Crippen molar-refractivity contribution < 1.29 is 20.1 Å². The molecule has 0 aliphatic heterocycles. The number of nitrogens with one attached hydrogen (secondary N) is 2. The van der Waals surface area contributed by atoms with E-state index in [2.05, 4.69) is 10.6 Å². The molecule has 0 radical (unpaired) electrons. The van der Waals surface area contributed by atoms with Gasteiger partial charge in [0.15, 0.2) is 11.5 Å². The van der Waals surface area contributed by atoms with E-state index in [4.69, 9.17) is 0 Å². The Hall–Kier alpha value is -1.95. The maximum atomic E-state index is 11.6. The van der Waals surface area contributed by atoms with Crippen LogP contribution < -0.4 is 10.6 Å². The largest absolute Gasteiger partial charge is 0.504 e. The average molecular weight is 268 g/mol. The molecule has 0 saturated heterocycles. The Balaban J connectivity index is 2.64. The summed E-state index contributed by atoms with van der Waals surface area (Å²) in [4.78, 5) is 11.6. The van der Waals surface area contributed by atoms with E-state index in [9.17, 15) is 20.1 Å². The van der Waals surface area contributed by atoms with Gasteiger partial charge in [-0.15, -0.1) is 0 Å². The summed E-state index contributed by atoms with van der Waals surface area (Å²) in [6.45, 7) is 4.29. The third-order valence-electron chi connectivity index (χ3n) is 2.94. The van der Waals surface area contributed by atoms with Gasteiger partial charge in [-0.25, -0.2) is 0 Å². The van der Waals surface area contributed by atoms with E-state index in [0.29, 0.717) is 12.1 Å². The van der Waals surface area contributed by atoms with Crippen LogP contribution in [0, 0.1) is 5.41 Å². The van der Waals surface area contributed by atoms with E-state index < -0.39 is 11.2 Å². The monoisotopic (exact) mass is 268 g/mol. The minimum atomic E-state index is -0.580. The van der Waals surface area contributed by atoms with Gasteiger partial charge < -0.3 is 26.0 Å². The fraction of sp³-hybridized carbons (Fsp3) is 0.462. The maximum Gasteiger partial charge on any atom is 0.226 e. The summed E-state index contributed by atoms with van der Waals surface area (Å²) >= 11 is 0. The summed E-state index contributed by atoms with van der Waals surface area (Å²) in [7, 11) is 1.58. The number of aromatic hydroxyl groups is 3.